The van der Waals surface area contributed by atoms with Gasteiger partial charge in [0.15, 0.2) is 0 Å². The first-order chi connectivity index (χ1) is 8.07. The lowest BCUT2D eigenvalue weighted by atomic mass is 10.0. The van der Waals surface area contributed by atoms with Gasteiger partial charge in [0.25, 0.3) is 0 Å². The van der Waals surface area contributed by atoms with E-state index in [9.17, 15) is 0 Å². The second-order valence-electron chi connectivity index (χ2n) is 4.54. The molecular weight excluding hydrogens is 210 g/mol. The van der Waals surface area contributed by atoms with Gasteiger partial charge in [-0.25, -0.2) is 0 Å². The fourth-order valence-electron chi connectivity index (χ4n) is 1.96. The number of para-hydroxylation sites is 1. The van der Waals surface area contributed by atoms with Gasteiger partial charge >= 0.3 is 0 Å². The van der Waals surface area contributed by atoms with Crippen LogP contribution in [0.2, 0.25) is 0 Å². The van der Waals surface area contributed by atoms with Crippen LogP contribution in [0.5, 0.6) is 0 Å². The molecule has 3 nitrogen and oxygen atoms in total. The summed E-state index contributed by atoms with van der Waals surface area (Å²) in [5, 5.41) is 8.72. The van der Waals surface area contributed by atoms with E-state index in [1.54, 1.807) is 0 Å². The van der Waals surface area contributed by atoms with E-state index in [0.29, 0.717) is 12.5 Å². The van der Waals surface area contributed by atoms with Gasteiger partial charge in [-0.2, -0.15) is 5.26 Å². The van der Waals surface area contributed by atoms with Gasteiger partial charge < -0.3 is 10.6 Å². The van der Waals surface area contributed by atoms with Gasteiger partial charge in [-0.05, 0) is 32.4 Å². The third kappa shape index (κ3) is 3.47. The molecule has 0 spiro atoms. The normalized spacial score (nSPS) is 12.2. The summed E-state index contributed by atoms with van der Waals surface area (Å²) in [4.78, 5) is 2.24. The van der Waals surface area contributed by atoms with Crippen LogP contribution < -0.4 is 10.6 Å². The molecule has 0 unspecified atom stereocenters. The Bertz CT molecular complexity index is 391. The van der Waals surface area contributed by atoms with Crippen LogP contribution in [0.1, 0.15) is 38.8 Å². The zero-order valence-electron chi connectivity index (χ0n) is 10.9. The van der Waals surface area contributed by atoms with E-state index >= 15 is 0 Å². The summed E-state index contributed by atoms with van der Waals surface area (Å²) in [6.45, 7) is 7.00. The van der Waals surface area contributed by atoms with Crippen molar-refractivity contribution in [2.24, 2.45) is 5.73 Å². The lowest BCUT2D eigenvalue weighted by molar-refractivity contribution is 0.676. The molecule has 0 radical (unpaired) electrons. The summed E-state index contributed by atoms with van der Waals surface area (Å²) in [7, 11) is 0. The average molecular weight is 231 g/mol. The molecule has 1 atom stereocenters. The van der Waals surface area contributed by atoms with Crippen LogP contribution in [0.25, 0.3) is 0 Å². The van der Waals surface area contributed by atoms with Crippen molar-refractivity contribution in [3.05, 3.63) is 29.8 Å². The Morgan fingerprint density at radius 2 is 1.94 bits per heavy atom. The molecule has 1 aromatic rings. The molecule has 0 bridgehead atoms. The standard InChI is InChI=1S/C14H21N3/c1-11(2)17(10-6-9-15)14-8-5-4-7-13(14)12(3)16/h4-5,7-8,11-12H,6,10,16H2,1-3H3/t12-/m1/s1. The molecule has 0 aliphatic heterocycles. The van der Waals surface area contributed by atoms with Crippen molar-refractivity contribution in [1.29, 1.82) is 5.26 Å². The van der Waals surface area contributed by atoms with Crippen LogP contribution >= 0.6 is 0 Å². The van der Waals surface area contributed by atoms with Gasteiger partial charge in [0, 0.05) is 24.3 Å². The highest BCUT2D eigenvalue weighted by Crippen LogP contribution is 2.26. The van der Waals surface area contributed by atoms with E-state index in [1.165, 1.54) is 0 Å². The van der Waals surface area contributed by atoms with E-state index in [0.717, 1.165) is 17.8 Å². The highest BCUT2D eigenvalue weighted by Gasteiger charge is 2.15. The Morgan fingerprint density at radius 3 is 2.47 bits per heavy atom. The molecule has 0 heterocycles. The molecule has 1 aromatic carbocycles. The lowest BCUT2D eigenvalue weighted by Gasteiger charge is -2.31. The molecule has 1 rings (SSSR count). The van der Waals surface area contributed by atoms with Crippen molar-refractivity contribution >= 4 is 5.69 Å². The molecule has 0 aromatic heterocycles. The molecule has 0 aliphatic rings. The fraction of sp³-hybridized carbons (Fsp3) is 0.500. The van der Waals surface area contributed by atoms with Crippen LogP contribution in [-0.4, -0.2) is 12.6 Å². The Balaban J connectivity index is 3.05. The number of nitrogens with two attached hydrogens (primary N) is 1. The number of nitriles is 1. The SMILES string of the molecule is CC(C)N(CCC#N)c1ccccc1[C@@H](C)N. The van der Waals surface area contributed by atoms with Crippen LogP contribution in [0.15, 0.2) is 24.3 Å². The first kappa shape index (κ1) is 13.5. The van der Waals surface area contributed by atoms with Gasteiger partial charge in [0.1, 0.15) is 0 Å². The predicted molar refractivity (Wildman–Crippen MR) is 71.8 cm³/mol. The van der Waals surface area contributed by atoms with E-state index in [2.05, 4.69) is 36.9 Å². The van der Waals surface area contributed by atoms with Crippen molar-refractivity contribution in [1.82, 2.24) is 0 Å². The zero-order chi connectivity index (χ0) is 12.8. The molecule has 92 valence electrons. The van der Waals surface area contributed by atoms with Gasteiger partial charge in [-0.1, -0.05) is 18.2 Å². The van der Waals surface area contributed by atoms with Crippen molar-refractivity contribution in [2.75, 3.05) is 11.4 Å². The smallest absolute Gasteiger partial charge is 0.0640 e. The fourth-order valence-corrected chi connectivity index (χ4v) is 1.96. The predicted octanol–water partition coefficient (Wildman–Crippen LogP) is 2.83. The maximum absolute atomic E-state index is 8.72. The Labute approximate surface area is 104 Å². The van der Waals surface area contributed by atoms with Crippen LogP contribution in [0.3, 0.4) is 0 Å². The third-order valence-corrected chi connectivity index (χ3v) is 2.82. The molecule has 3 heteroatoms. The summed E-state index contributed by atoms with van der Waals surface area (Å²) in [5.74, 6) is 0. The van der Waals surface area contributed by atoms with Crippen molar-refractivity contribution in [3.63, 3.8) is 0 Å². The van der Waals surface area contributed by atoms with Crippen molar-refractivity contribution < 1.29 is 0 Å². The molecule has 0 amide bonds. The summed E-state index contributed by atoms with van der Waals surface area (Å²) >= 11 is 0. The molecule has 17 heavy (non-hydrogen) atoms. The number of anilines is 1. The van der Waals surface area contributed by atoms with E-state index < -0.39 is 0 Å². The molecular formula is C14H21N3. The second-order valence-corrected chi connectivity index (χ2v) is 4.54. The summed E-state index contributed by atoms with van der Waals surface area (Å²) in [5.41, 5.74) is 8.27. The molecule has 2 N–H and O–H groups in total. The van der Waals surface area contributed by atoms with E-state index in [4.69, 9.17) is 11.0 Å². The quantitative estimate of drug-likeness (QED) is 0.847. The Hall–Kier alpha value is -1.53. The van der Waals surface area contributed by atoms with E-state index in [1.807, 2.05) is 19.1 Å². The maximum atomic E-state index is 8.72. The van der Waals surface area contributed by atoms with Gasteiger partial charge in [0.2, 0.25) is 0 Å². The number of hydrogen-bond donors (Lipinski definition) is 1. The summed E-state index contributed by atoms with van der Waals surface area (Å²) < 4.78 is 0. The van der Waals surface area contributed by atoms with Crippen LogP contribution in [0, 0.1) is 11.3 Å². The largest absolute Gasteiger partial charge is 0.368 e. The number of benzene rings is 1. The first-order valence-corrected chi connectivity index (χ1v) is 6.06. The Morgan fingerprint density at radius 1 is 1.29 bits per heavy atom. The third-order valence-electron chi connectivity index (χ3n) is 2.82. The van der Waals surface area contributed by atoms with Crippen molar-refractivity contribution in [2.45, 2.75) is 39.3 Å². The monoisotopic (exact) mass is 231 g/mol. The van der Waals surface area contributed by atoms with E-state index in [-0.39, 0.29) is 6.04 Å². The summed E-state index contributed by atoms with van der Waals surface area (Å²) in [6.07, 6.45) is 0.533. The minimum absolute atomic E-state index is 0.00883. The molecule has 0 fully saturated rings. The van der Waals surface area contributed by atoms with Crippen molar-refractivity contribution in [3.8, 4) is 6.07 Å². The average Bonchev–Trinajstić information content (AvgIpc) is 2.29. The molecule has 0 saturated heterocycles. The van der Waals surface area contributed by atoms with Gasteiger partial charge in [-0.15, -0.1) is 0 Å². The van der Waals surface area contributed by atoms with Crippen LogP contribution in [-0.2, 0) is 0 Å². The molecule has 0 saturated carbocycles. The minimum atomic E-state index is 0.00883. The molecule has 0 aliphatic carbocycles. The first-order valence-electron chi connectivity index (χ1n) is 6.06. The summed E-state index contributed by atoms with van der Waals surface area (Å²) in [6, 6.07) is 10.7. The highest BCUT2D eigenvalue weighted by molar-refractivity contribution is 5.55. The van der Waals surface area contributed by atoms with Gasteiger partial charge in [-0.3, -0.25) is 0 Å². The lowest BCUT2D eigenvalue weighted by Crippen LogP contribution is -2.33. The number of rotatable bonds is 5. The number of nitrogens with zero attached hydrogens (tertiary/aromatic N) is 2. The number of hydrogen-bond acceptors (Lipinski definition) is 3. The maximum Gasteiger partial charge on any atom is 0.0640 e. The minimum Gasteiger partial charge on any atom is -0.368 e. The van der Waals surface area contributed by atoms with Crippen LogP contribution in [0.4, 0.5) is 5.69 Å². The Kier molecular flexibility index (Phi) is 4.99. The second kappa shape index (κ2) is 6.27. The zero-order valence-corrected chi connectivity index (χ0v) is 10.9. The topological polar surface area (TPSA) is 53.0 Å². The van der Waals surface area contributed by atoms with Gasteiger partial charge in [0.05, 0.1) is 12.5 Å². The highest BCUT2D eigenvalue weighted by atomic mass is 15.2.